The summed E-state index contributed by atoms with van der Waals surface area (Å²) in [6.07, 6.45) is 0.0467. The molecule has 0 fully saturated rings. The standard InChI is InChI=1S/C44H54N4O6/c1-5-37(32-14-10-7-11-15-32)41(33-16-20-35(49)21-17-33)34-18-22-36(23-19-34)54-27-26-48(4)40(50)24-25-46-43(52)39(28-30(2)3)47-44(53)42(51)38(45)29-31-12-8-6-9-13-31/h6-23,30,38-39,42,49,51H,5,24-29,45H2,1-4H3,(H,46,52)(H,47,53)/t38-,39+,42+/m1/s1. The van der Waals surface area contributed by atoms with Crippen LogP contribution >= 0.6 is 0 Å². The minimum absolute atomic E-state index is 0.0669. The molecule has 0 aliphatic carbocycles. The minimum Gasteiger partial charge on any atom is -0.508 e. The fraction of sp³-hybridized carbons (Fsp3) is 0.341. The quantitative estimate of drug-likeness (QED) is 0.0790. The van der Waals surface area contributed by atoms with E-state index in [0.717, 1.165) is 34.2 Å². The number of nitrogens with zero attached hydrogens (tertiary/aromatic N) is 1. The number of likely N-dealkylation sites (N-methyl/N-ethyl adjacent to an activating group) is 1. The first-order valence-corrected chi connectivity index (χ1v) is 18.6. The van der Waals surface area contributed by atoms with Gasteiger partial charge < -0.3 is 36.2 Å². The molecule has 6 N–H and O–H groups in total. The highest BCUT2D eigenvalue weighted by atomic mass is 16.5. The number of nitrogens with one attached hydrogen (secondary N) is 2. The molecule has 0 unspecified atom stereocenters. The molecule has 4 aromatic carbocycles. The number of phenolic OH excluding ortho intramolecular Hbond substituents is 1. The van der Waals surface area contributed by atoms with Crippen LogP contribution in [0.25, 0.3) is 11.1 Å². The van der Waals surface area contributed by atoms with Gasteiger partial charge in [0.2, 0.25) is 11.8 Å². The van der Waals surface area contributed by atoms with Gasteiger partial charge >= 0.3 is 0 Å². The van der Waals surface area contributed by atoms with Crippen LogP contribution in [0.1, 0.15) is 62.3 Å². The molecule has 3 amide bonds. The van der Waals surface area contributed by atoms with Crippen LogP contribution in [-0.2, 0) is 20.8 Å². The molecule has 0 bridgehead atoms. The largest absolute Gasteiger partial charge is 0.508 e. The molecule has 0 spiro atoms. The number of rotatable bonds is 19. The number of ether oxygens (including phenoxy) is 1. The molecule has 0 aliphatic heterocycles. The smallest absolute Gasteiger partial charge is 0.251 e. The van der Waals surface area contributed by atoms with Crippen LogP contribution in [0.5, 0.6) is 11.5 Å². The lowest BCUT2D eigenvalue weighted by Gasteiger charge is -2.24. The van der Waals surface area contributed by atoms with Crippen LogP contribution in [0.3, 0.4) is 0 Å². The van der Waals surface area contributed by atoms with E-state index in [0.29, 0.717) is 25.1 Å². The second kappa shape index (κ2) is 20.7. The number of phenols is 1. The van der Waals surface area contributed by atoms with Gasteiger partial charge in [0.25, 0.3) is 5.91 Å². The Balaban J connectivity index is 1.27. The number of aliphatic hydroxyl groups is 1. The second-order valence-electron chi connectivity index (χ2n) is 13.8. The third-order valence-corrected chi connectivity index (χ3v) is 9.16. The zero-order valence-corrected chi connectivity index (χ0v) is 31.7. The van der Waals surface area contributed by atoms with Crippen molar-refractivity contribution >= 4 is 28.9 Å². The normalized spacial score (nSPS) is 13.3. The van der Waals surface area contributed by atoms with Gasteiger partial charge in [0.05, 0.1) is 6.54 Å². The number of carbonyl (C=O) groups is 3. The van der Waals surface area contributed by atoms with Gasteiger partial charge in [-0.2, -0.15) is 0 Å². The van der Waals surface area contributed by atoms with E-state index < -0.39 is 30.0 Å². The lowest BCUT2D eigenvalue weighted by atomic mass is 9.88. The van der Waals surface area contributed by atoms with E-state index in [1.165, 1.54) is 5.57 Å². The van der Waals surface area contributed by atoms with Crippen LogP contribution in [0, 0.1) is 5.92 Å². The Bertz CT molecular complexity index is 1810. The highest BCUT2D eigenvalue weighted by Crippen LogP contribution is 2.35. The van der Waals surface area contributed by atoms with Gasteiger partial charge in [-0.3, -0.25) is 14.4 Å². The van der Waals surface area contributed by atoms with E-state index in [1.807, 2.05) is 98.8 Å². The lowest BCUT2D eigenvalue weighted by molar-refractivity contribution is -0.135. The molecule has 4 rings (SSSR count). The summed E-state index contributed by atoms with van der Waals surface area (Å²) in [5.74, 6) is -0.349. The predicted octanol–water partition coefficient (Wildman–Crippen LogP) is 5.57. The van der Waals surface area contributed by atoms with E-state index in [4.69, 9.17) is 10.5 Å². The first-order chi connectivity index (χ1) is 26.0. The predicted molar refractivity (Wildman–Crippen MR) is 213 cm³/mol. The second-order valence-corrected chi connectivity index (χ2v) is 13.8. The Hall–Kier alpha value is -5.45. The van der Waals surface area contributed by atoms with Gasteiger partial charge in [-0.05, 0) is 82.8 Å². The van der Waals surface area contributed by atoms with Gasteiger partial charge in [-0.15, -0.1) is 0 Å². The molecule has 0 aliphatic rings. The van der Waals surface area contributed by atoms with Crippen LogP contribution in [-0.4, -0.2) is 77.8 Å². The van der Waals surface area contributed by atoms with E-state index in [-0.39, 0.29) is 37.1 Å². The molecule has 0 saturated heterocycles. The van der Waals surface area contributed by atoms with Crippen molar-refractivity contribution in [2.45, 2.75) is 64.6 Å². The summed E-state index contributed by atoms with van der Waals surface area (Å²) >= 11 is 0. The average molecular weight is 735 g/mol. The third-order valence-electron chi connectivity index (χ3n) is 9.16. The van der Waals surface area contributed by atoms with E-state index in [2.05, 4.69) is 29.7 Å². The van der Waals surface area contributed by atoms with Crippen molar-refractivity contribution in [2.24, 2.45) is 11.7 Å². The average Bonchev–Trinajstić information content (AvgIpc) is 3.17. The first-order valence-electron chi connectivity index (χ1n) is 18.6. The van der Waals surface area contributed by atoms with Crippen molar-refractivity contribution in [1.29, 1.82) is 0 Å². The van der Waals surface area contributed by atoms with E-state index in [1.54, 1.807) is 24.1 Å². The molecule has 3 atom stereocenters. The van der Waals surface area contributed by atoms with Gasteiger partial charge in [-0.1, -0.05) is 106 Å². The first kappa shape index (κ1) is 41.3. The summed E-state index contributed by atoms with van der Waals surface area (Å²) in [6.45, 7) is 6.70. The molecule has 0 radical (unpaired) electrons. The molecule has 0 saturated carbocycles. The zero-order valence-electron chi connectivity index (χ0n) is 31.7. The molecule has 0 aromatic heterocycles. The Morgan fingerprint density at radius 2 is 1.41 bits per heavy atom. The molecular formula is C44H54N4O6. The van der Waals surface area contributed by atoms with Gasteiger partial charge in [0.1, 0.15) is 30.3 Å². The third kappa shape index (κ3) is 12.3. The molecule has 54 heavy (non-hydrogen) atoms. The van der Waals surface area contributed by atoms with Crippen LogP contribution < -0.4 is 21.1 Å². The maximum atomic E-state index is 13.1. The Kier molecular flexibility index (Phi) is 15.8. The number of amides is 3. The van der Waals surface area contributed by atoms with Crippen molar-refractivity contribution in [3.05, 3.63) is 131 Å². The number of carbonyl (C=O) groups excluding carboxylic acids is 3. The topological polar surface area (TPSA) is 154 Å². The number of hydrogen-bond acceptors (Lipinski definition) is 7. The number of aliphatic hydroxyl groups excluding tert-OH is 1. The number of hydrogen-bond donors (Lipinski definition) is 5. The summed E-state index contributed by atoms with van der Waals surface area (Å²) < 4.78 is 5.99. The molecular weight excluding hydrogens is 681 g/mol. The minimum atomic E-state index is -1.49. The zero-order chi connectivity index (χ0) is 39.0. The highest BCUT2D eigenvalue weighted by molar-refractivity contribution is 5.98. The Labute approximate surface area is 319 Å². The summed E-state index contributed by atoms with van der Waals surface area (Å²) in [5, 5.41) is 25.9. The lowest BCUT2D eigenvalue weighted by Crippen LogP contribution is -2.54. The number of allylic oxidation sites excluding steroid dienone is 1. The van der Waals surface area contributed by atoms with Gasteiger partial charge in [-0.25, -0.2) is 0 Å². The van der Waals surface area contributed by atoms with Crippen molar-refractivity contribution in [3.8, 4) is 11.5 Å². The van der Waals surface area contributed by atoms with Crippen LogP contribution in [0.15, 0.2) is 109 Å². The number of nitrogens with two attached hydrogens (primary N) is 1. The van der Waals surface area contributed by atoms with Crippen molar-refractivity contribution in [1.82, 2.24) is 15.5 Å². The van der Waals surface area contributed by atoms with Crippen molar-refractivity contribution < 1.29 is 29.3 Å². The number of benzene rings is 4. The maximum Gasteiger partial charge on any atom is 0.251 e. The fourth-order valence-electron chi connectivity index (χ4n) is 6.21. The molecule has 286 valence electrons. The molecule has 10 heteroatoms. The summed E-state index contributed by atoms with van der Waals surface area (Å²) in [7, 11) is 1.68. The SMILES string of the molecule is CCC(=C(c1ccc(O)cc1)c1ccc(OCCN(C)C(=O)CCNC(=O)[C@H](CC(C)C)NC(=O)[C@@H](O)[C@H](N)Cc2ccccc2)cc1)c1ccccc1. The summed E-state index contributed by atoms with van der Waals surface area (Å²) in [4.78, 5) is 40.3. The Morgan fingerprint density at radius 1 is 0.815 bits per heavy atom. The van der Waals surface area contributed by atoms with E-state index in [9.17, 15) is 24.6 Å². The molecule has 10 nitrogen and oxygen atoms in total. The monoisotopic (exact) mass is 734 g/mol. The van der Waals surface area contributed by atoms with Crippen molar-refractivity contribution in [3.63, 3.8) is 0 Å². The van der Waals surface area contributed by atoms with E-state index >= 15 is 0 Å². The highest BCUT2D eigenvalue weighted by Gasteiger charge is 2.28. The Morgan fingerprint density at radius 3 is 2.00 bits per heavy atom. The summed E-state index contributed by atoms with van der Waals surface area (Å²) in [6, 6.07) is 32.9. The van der Waals surface area contributed by atoms with Crippen molar-refractivity contribution in [2.75, 3.05) is 26.7 Å². The molecule has 0 heterocycles. The summed E-state index contributed by atoms with van der Waals surface area (Å²) in [5.41, 5.74) is 12.4. The maximum absolute atomic E-state index is 13.1. The van der Waals surface area contributed by atoms with Crippen LogP contribution in [0.2, 0.25) is 0 Å². The van der Waals surface area contributed by atoms with Gasteiger partial charge in [0.15, 0.2) is 0 Å². The van der Waals surface area contributed by atoms with Crippen LogP contribution in [0.4, 0.5) is 0 Å². The molecule has 4 aromatic rings. The van der Waals surface area contributed by atoms with Gasteiger partial charge in [0, 0.05) is 26.1 Å². The fourth-order valence-corrected chi connectivity index (χ4v) is 6.21. The number of aromatic hydroxyl groups is 1.